The molecule has 1 amide bonds. The van der Waals surface area contributed by atoms with E-state index in [1.165, 1.54) is 13.1 Å². The molecule has 2 rings (SSSR count). The highest BCUT2D eigenvalue weighted by Gasteiger charge is 2.48. The first-order valence-electron chi connectivity index (χ1n) is 7.98. The zero-order valence-corrected chi connectivity index (χ0v) is 15.6. The fourth-order valence-electron chi connectivity index (χ4n) is 2.50. The number of carbonyl (C=O) groups excluding carboxylic acids is 1. The predicted molar refractivity (Wildman–Crippen MR) is 89.9 cm³/mol. The van der Waals surface area contributed by atoms with Crippen LogP contribution in [0.5, 0.6) is 0 Å². The summed E-state index contributed by atoms with van der Waals surface area (Å²) in [6, 6.07) is 0.249. The number of hydrogen-bond donors (Lipinski definition) is 1. The molecule has 1 fully saturated rings. The number of hydrogen-bond acceptors (Lipinski definition) is 5. The van der Waals surface area contributed by atoms with Crippen LogP contribution < -0.4 is 5.32 Å². The fraction of sp³-hybridized carbons (Fsp3) is 0.625. The second-order valence-corrected chi connectivity index (χ2v) is 7.44. The monoisotopic (exact) mass is 395 g/mol. The Balaban J connectivity index is 2.17. The molecule has 2 atom stereocenters. The molecule has 0 radical (unpaired) electrons. The number of ether oxygens (including phenoxy) is 2. The molecule has 2 heterocycles. The van der Waals surface area contributed by atoms with Gasteiger partial charge in [0, 0.05) is 12.7 Å². The van der Waals surface area contributed by atoms with E-state index in [2.05, 4.69) is 15.0 Å². The van der Waals surface area contributed by atoms with Gasteiger partial charge in [-0.05, 0) is 33.8 Å². The summed E-state index contributed by atoms with van der Waals surface area (Å²) in [6.45, 7) is 5.27. The van der Waals surface area contributed by atoms with E-state index in [9.17, 15) is 18.0 Å². The number of morpholine rings is 1. The Morgan fingerprint density at radius 2 is 2.19 bits per heavy atom. The van der Waals surface area contributed by atoms with Crippen LogP contribution >= 0.6 is 11.6 Å². The summed E-state index contributed by atoms with van der Waals surface area (Å²) in [5.41, 5.74) is -0.851. The summed E-state index contributed by atoms with van der Waals surface area (Å²) < 4.78 is 51.2. The first-order chi connectivity index (χ1) is 11.9. The third-order valence-electron chi connectivity index (χ3n) is 3.57. The van der Waals surface area contributed by atoms with Crippen LogP contribution in [0.4, 0.5) is 23.8 Å². The van der Waals surface area contributed by atoms with Crippen molar-refractivity contribution in [1.29, 1.82) is 0 Å². The largest absolute Gasteiger partial charge is 0.444 e. The van der Waals surface area contributed by atoms with Gasteiger partial charge in [0.05, 0.1) is 17.2 Å². The lowest BCUT2D eigenvalue weighted by Gasteiger charge is -2.43. The van der Waals surface area contributed by atoms with Gasteiger partial charge in [0.2, 0.25) is 0 Å². The zero-order valence-electron chi connectivity index (χ0n) is 14.9. The van der Waals surface area contributed by atoms with Crippen LogP contribution in [0.15, 0.2) is 12.3 Å². The molecule has 0 bridgehead atoms. The van der Waals surface area contributed by atoms with Crippen LogP contribution in [0.25, 0.3) is 0 Å². The molecule has 1 N–H and O–H groups in total. The second-order valence-electron chi connectivity index (χ2n) is 7.00. The van der Waals surface area contributed by atoms with Crippen molar-refractivity contribution >= 4 is 23.5 Å². The van der Waals surface area contributed by atoms with Gasteiger partial charge in [0.25, 0.3) is 0 Å². The van der Waals surface area contributed by atoms with Crippen molar-refractivity contribution in [3.8, 4) is 0 Å². The van der Waals surface area contributed by atoms with Gasteiger partial charge in [-0.25, -0.2) is 14.2 Å². The molecule has 26 heavy (non-hydrogen) atoms. The van der Waals surface area contributed by atoms with E-state index >= 15 is 0 Å². The minimum absolute atomic E-state index is 0.0674. The molecule has 10 heteroatoms. The Morgan fingerprint density at radius 1 is 1.54 bits per heavy atom. The molecule has 0 unspecified atom stereocenters. The van der Waals surface area contributed by atoms with E-state index in [-0.39, 0.29) is 17.4 Å². The summed E-state index contributed by atoms with van der Waals surface area (Å²) in [7, 11) is 0. The van der Waals surface area contributed by atoms with Crippen molar-refractivity contribution in [2.24, 2.45) is 0 Å². The molecular weight excluding hydrogens is 375 g/mol. The molecule has 1 saturated heterocycles. The third kappa shape index (κ3) is 5.38. The van der Waals surface area contributed by atoms with Crippen molar-refractivity contribution in [3.63, 3.8) is 0 Å². The highest BCUT2D eigenvalue weighted by molar-refractivity contribution is 6.30. The highest BCUT2D eigenvalue weighted by Crippen LogP contribution is 2.30. The lowest BCUT2D eigenvalue weighted by atomic mass is 10.1. The molecule has 1 aromatic rings. The number of halogens is 4. The van der Waals surface area contributed by atoms with Gasteiger partial charge >= 0.3 is 12.2 Å². The minimum atomic E-state index is -3.50. The summed E-state index contributed by atoms with van der Waals surface area (Å²) in [6.07, 6.45) is -4.18. The second kappa shape index (κ2) is 7.48. The Hall–Kier alpha value is -1.74. The number of pyridine rings is 1. The Kier molecular flexibility index (Phi) is 5.92. The standard InChI is InChI=1S/C16H21ClF3N3O3/c1-9-12(7-22-13-11(18)5-10(17)6-21-13)23(8-16(19,20)25-9)14(24)26-15(2,3)4/h5-6,9,12H,7-8H2,1-4H3,(H,21,22)/t9-,12+/m0/s1. The smallest absolute Gasteiger partial charge is 0.410 e. The van der Waals surface area contributed by atoms with E-state index in [0.29, 0.717) is 0 Å². The summed E-state index contributed by atoms with van der Waals surface area (Å²) in [5.74, 6) is -0.806. The number of aromatic nitrogens is 1. The molecule has 1 aliphatic heterocycles. The van der Waals surface area contributed by atoms with Gasteiger partial charge in [0.15, 0.2) is 11.6 Å². The third-order valence-corrected chi connectivity index (χ3v) is 3.78. The summed E-state index contributed by atoms with van der Waals surface area (Å²) in [5, 5.41) is 2.82. The summed E-state index contributed by atoms with van der Waals surface area (Å²) in [4.78, 5) is 17.1. The molecule has 146 valence electrons. The van der Waals surface area contributed by atoms with Crippen LogP contribution in [0.1, 0.15) is 27.7 Å². The maximum atomic E-state index is 13.8. The van der Waals surface area contributed by atoms with E-state index in [4.69, 9.17) is 16.3 Å². The van der Waals surface area contributed by atoms with Crippen molar-refractivity contribution < 1.29 is 27.4 Å². The topological polar surface area (TPSA) is 63.7 Å². The van der Waals surface area contributed by atoms with Gasteiger partial charge < -0.3 is 14.8 Å². The molecular formula is C16H21ClF3N3O3. The van der Waals surface area contributed by atoms with Crippen LogP contribution in [0, 0.1) is 5.82 Å². The van der Waals surface area contributed by atoms with Crippen LogP contribution in [-0.4, -0.2) is 52.9 Å². The van der Waals surface area contributed by atoms with Crippen LogP contribution in [0.2, 0.25) is 5.02 Å². The van der Waals surface area contributed by atoms with E-state index in [1.54, 1.807) is 20.8 Å². The molecule has 0 saturated carbocycles. The molecule has 0 aromatic carbocycles. The van der Waals surface area contributed by atoms with E-state index < -0.39 is 42.3 Å². The van der Waals surface area contributed by atoms with Gasteiger partial charge in [0.1, 0.15) is 12.1 Å². The Bertz CT molecular complexity index is 670. The first-order valence-corrected chi connectivity index (χ1v) is 8.36. The number of carbonyl (C=O) groups is 1. The minimum Gasteiger partial charge on any atom is -0.444 e. The number of rotatable bonds is 3. The quantitative estimate of drug-likeness (QED) is 0.840. The van der Waals surface area contributed by atoms with E-state index in [1.807, 2.05) is 0 Å². The summed E-state index contributed by atoms with van der Waals surface area (Å²) >= 11 is 5.64. The molecule has 1 aromatic heterocycles. The first kappa shape index (κ1) is 20.6. The molecule has 0 spiro atoms. The number of alkyl halides is 2. The maximum Gasteiger partial charge on any atom is 0.410 e. The Labute approximate surface area is 154 Å². The van der Waals surface area contributed by atoms with Gasteiger partial charge in [-0.2, -0.15) is 8.78 Å². The fourth-order valence-corrected chi connectivity index (χ4v) is 2.64. The molecule has 1 aliphatic rings. The van der Waals surface area contributed by atoms with Gasteiger partial charge in [-0.3, -0.25) is 4.90 Å². The predicted octanol–water partition coefficient (Wildman–Crippen LogP) is 3.90. The Morgan fingerprint density at radius 3 is 2.77 bits per heavy atom. The average molecular weight is 396 g/mol. The van der Waals surface area contributed by atoms with Crippen molar-refractivity contribution in [3.05, 3.63) is 23.1 Å². The van der Waals surface area contributed by atoms with Crippen molar-refractivity contribution in [1.82, 2.24) is 9.88 Å². The molecule has 6 nitrogen and oxygen atoms in total. The number of anilines is 1. The number of amides is 1. The van der Waals surface area contributed by atoms with Crippen LogP contribution in [0.3, 0.4) is 0 Å². The lowest BCUT2D eigenvalue weighted by molar-refractivity contribution is -0.300. The van der Waals surface area contributed by atoms with Crippen molar-refractivity contribution in [2.45, 2.75) is 51.6 Å². The van der Waals surface area contributed by atoms with E-state index in [0.717, 1.165) is 11.0 Å². The average Bonchev–Trinajstić information content (AvgIpc) is 2.44. The lowest BCUT2D eigenvalue weighted by Crippen LogP contribution is -2.61. The molecule has 0 aliphatic carbocycles. The normalized spacial score (nSPS) is 22.8. The SMILES string of the molecule is C[C@@H]1OC(F)(F)CN(C(=O)OC(C)(C)C)[C@@H]1CNc1ncc(Cl)cc1F. The van der Waals surface area contributed by atoms with Gasteiger partial charge in [-0.15, -0.1) is 0 Å². The maximum absolute atomic E-state index is 13.8. The number of nitrogens with zero attached hydrogens (tertiary/aromatic N) is 2. The zero-order chi connectivity index (χ0) is 19.7. The van der Waals surface area contributed by atoms with Crippen molar-refractivity contribution in [2.75, 3.05) is 18.4 Å². The number of nitrogens with one attached hydrogen (secondary N) is 1. The van der Waals surface area contributed by atoms with Gasteiger partial charge in [-0.1, -0.05) is 11.6 Å². The highest BCUT2D eigenvalue weighted by atomic mass is 35.5. The van der Waals surface area contributed by atoms with Crippen LogP contribution in [-0.2, 0) is 9.47 Å².